The number of allylic oxidation sites excluding steroid dienone is 19. The molecule has 1 heteroatoms. The Hall–Kier alpha value is -4.67. The van der Waals surface area contributed by atoms with E-state index in [-0.39, 0.29) is 12.0 Å². The zero-order chi connectivity index (χ0) is 36.6. The van der Waals surface area contributed by atoms with Gasteiger partial charge in [0.15, 0.2) is 0 Å². The first-order chi connectivity index (χ1) is 25.3. The maximum Gasteiger partial charge on any atom is 0.0760 e. The number of nitrogens with zero attached hydrogens (tertiary/aromatic N) is 1. The summed E-state index contributed by atoms with van der Waals surface area (Å²) < 4.78 is 0. The standard InChI is InChI=1S/C51H57N/c1-8-11-19-40-22-18-26-46(37(40)6)44-29-30-45(36(5)31-44)38(7)52-51(34-39(10-3)42-28-27-35(4)41(32-42)20-12-9-2)50-33-43-21-14-13-15-23-47(43)48-24-16-17-25-49(48)50/h2,8,10-15,17-20,22-23,25-29,32-33,36-37,39-40,43,45,47,51H,1,3,16,21,24,30-31,34H2,4-7H3. The van der Waals surface area contributed by atoms with Crippen LogP contribution in [0.3, 0.4) is 0 Å². The molecule has 8 atom stereocenters. The molecule has 0 amide bonds. The molecular formula is C51H57N. The molecule has 8 unspecified atom stereocenters. The Morgan fingerprint density at radius 2 is 1.96 bits per heavy atom. The molecule has 0 saturated carbocycles. The lowest BCUT2D eigenvalue weighted by Crippen LogP contribution is -2.29. The van der Waals surface area contributed by atoms with Crippen LogP contribution in [0.2, 0.25) is 0 Å². The summed E-state index contributed by atoms with van der Waals surface area (Å²) in [5, 5.41) is 0. The van der Waals surface area contributed by atoms with Crippen molar-refractivity contribution in [2.75, 3.05) is 0 Å². The van der Waals surface area contributed by atoms with E-state index in [0.29, 0.717) is 35.5 Å². The third-order valence-electron chi connectivity index (χ3n) is 12.2. The molecule has 0 fully saturated rings. The molecule has 1 aromatic carbocycles. The first-order valence-corrected chi connectivity index (χ1v) is 19.5. The summed E-state index contributed by atoms with van der Waals surface area (Å²) in [6, 6.07) is 6.81. The Labute approximate surface area is 314 Å². The predicted molar refractivity (Wildman–Crippen MR) is 226 cm³/mol. The fraction of sp³-hybridized carbons (Fsp3) is 0.353. The lowest BCUT2D eigenvalue weighted by molar-refractivity contribution is 0.422. The highest BCUT2D eigenvalue weighted by Gasteiger charge is 2.35. The van der Waals surface area contributed by atoms with Gasteiger partial charge in [0.1, 0.15) is 0 Å². The van der Waals surface area contributed by atoms with Crippen molar-refractivity contribution < 1.29 is 0 Å². The van der Waals surface area contributed by atoms with Crippen molar-refractivity contribution in [1.82, 2.24) is 0 Å². The van der Waals surface area contributed by atoms with Gasteiger partial charge in [-0.25, -0.2) is 0 Å². The van der Waals surface area contributed by atoms with E-state index < -0.39 is 0 Å². The van der Waals surface area contributed by atoms with E-state index in [4.69, 9.17) is 11.4 Å². The van der Waals surface area contributed by atoms with E-state index in [1.807, 2.05) is 12.2 Å². The molecule has 0 spiro atoms. The van der Waals surface area contributed by atoms with Crippen LogP contribution in [0, 0.1) is 54.8 Å². The van der Waals surface area contributed by atoms with Gasteiger partial charge >= 0.3 is 0 Å². The van der Waals surface area contributed by atoms with Crippen molar-refractivity contribution in [2.45, 2.75) is 78.2 Å². The third-order valence-corrected chi connectivity index (χ3v) is 12.2. The second-order valence-corrected chi connectivity index (χ2v) is 15.5. The van der Waals surface area contributed by atoms with Crippen molar-refractivity contribution in [3.8, 4) is 12.3 Å². The van der Waals surface area contributed by atoms with Gasteiger partial charge in [-0.15, -0.1) is 13.0 Å². The van der Waals surface area contributed by atoms with Crippen LogP contribution in [-0.4, -0.2) is 11.8 Å². The number of fused-ring (bicyclic) bond motifs is 2. The Balaban J connectivity index is 1.36. The van der Waals surface area contributed by atoms with Crippen LogP contribution in [0.4, 0.5) is 0 Å². The van der Waals surface area contributed by atoms with Crippen LogP contribution in [0.1, 0.15) is 81.9 Å². The number of terminal acetylenes is 1. The topological polar surface area (TPSA) is 12.4 Å². The number of rotatable bonds is 11. The first-order valence-electron chi connectivity index (χ1n) is 19.5. The van der Waals surface area contributed by atoms with E-state index in [1.165, 1.54) is 39.1 Å². The lowest BCUT2D eigenvalue weighted by atomic mass is 9.69. The summed E-state index contributed by atoms with van der Waals surface area (Å²) in [5.41, 5.74) is 12.4. The minimum atomic E-state index is 0.0279. The molecule has 52 heavy (non-hydrogen) atoms. The molecule has 6 rings (SSSR count). The molecule has 0 aliphatic heterocycles. The molecular weight excluding hydrogens is 627 g/mol. The van der Waals surface area contributed by atoms with E-state index in [2.05, 4.69) is 150 Å². The van der Waals surface area contributed by atoms with Crippen molar-refractivity contribution in [3.05, 3.63) is 173 Å². The summed E-state index contributed by atoms with van der Waals surface area (Å²) in [7, 11) is 0. The maximum atomic E-state index is 5.81. The number of hydrogen-bond donors (Lipinski definition) is 0. The van der Waals surface area contributed by atoms with Crippen LogP contribution >= 0.6 is 0 Å². The normalized spacial score (nSPS) is 28.4. The molecule has 5 aliphatic rings. The number of hydrogen-bond acceptors (Lipinski definition) is 1. The van der Waals surface area contributed by atoms with Crippen LogP contribution in [-0.2, 0) is 0 Å². The summed E-state index contributed by atoms with van der Waals surface area (Å²) in [6.07, 6.45) is 50.2. The second kappa shape index (κ2) is 17.2. The Bertz CT molecular complexity index is 1910. The molecule has 5 aliphatic carbocycles. The fourth-order valence-corrected chi connectivity index (χ4v) is 9.20. The van der Waals surface area contributed by atoms with Gasteiger partial charge in [-0.1, -0.05) is 141 Å². The van der Waals surface area contributed by atoms with Crippen molar-refractivity contribution >= 4 is 11.8 Å². The second-order valence-electron chi connectivity index (χ2n) is 15.5. The summed E-state index contributed by atoms with van der Waals surface area (Å²) in [4.78, 5) is 5.81. The zero-order valence-electron chi connectivity index (χ0n) is 31.8. The van der Waals surface area contributed by atoms with E-state index in [0.717, 1.165) is 44.1 Å². The van der Waals surface area contributed by atoms with Gasteiger partial charge in [-0.2, -0.15) is 0 Å². The molecule has 1 nitrogen and oxygen atoms in total. The number of benzene rings is 1. The number of aryl methyl sites for hydroxylation is 1. The minimum absolute atomic E-state index is 0.0279. The molecule has 266 valence electrons. The molecule has 0 radical (unpaired) electrons. The van der Waals surface area contributed by atoms with E-state index >= 15 is 0 Å². The van der Waals surface area contributed by atoms with Gasteiger partial charge in [0, 0.05) is 29.4 Å². The molecule has 1 aromatic rings. The van der Waals surface area contributed by atoms with Gasteiger partial charge in [-0.05, 0) is 121 Å². The van der Waals surface area contributed by atoms with Gasteiger partial charge in [0.05, 0.1) is 6.04 Å². The summed E-state index contributed by atoms with van der Waals surface area (Å²) in [5.74, 6) is 5.51. The zero-order valence-corrected chi connectivity index (χ0v) is 31.8. The highest BCUT2D eigenvalue weighted by molar-refractivity contribution is 5.85. The molecule has 0 aromatic heterocycles. The maximum absolute atomic E-state index is 5.81. The largest absolute Gasteiger partial charge is 0.286 e. The van der Waals surface area contributed by atoms with E-state index in [9.17, 15) is 0 Å². The van der Waals surface area contributed by atoms with Crippen LogP contribution in [0.5, 0.6) is 0 Å². The van der Waals surface area contributed by atoms with Crippen molar-refractivity contribution in [3.63, 3.8) is 0 Å². The molecule has 0 N–H and O–H groups in total. The minimum Gasteiger partial charge on any atom is -0.286 e. The quantitative estimate of drug-likeness (QED) is 0.0953. The van der Waals surface area contributed by atoms with Crippen molar-refractivity contribution in [1.29, 1.82) is 0 Å². The molecule has 0 bridgehead atoms. The summed E-state index contributed by atoms with van der Waals surface area (Å²) >= 11 is 0. The third kappa shape index (κ3) is 8.18. The Morgan fingerprint density at radius 3 is 2.75 bits per heavy atom. The molecule has 0 heterocycles. The lowest BCUT2D eigenvalue weighted by Gasteiger charge is -2.37. The number of aliphatic imine (C=N–C) groups is 1. The monoisotopic (exact) mass is 683 g/mol. The Kier molecular flexibility index (Phi) is 12.3. The first kappa shape index (κ1) is 37.1. The van der Waals surface area contributed by atoms with Crippen LogP contribution in [0.15, 0.2) is 161 Å². The van der Waals surface area contributed by atoms with Gasteiger partial charge in [0.25, 0.3) is 0 Å². The molecule has 0 saturated heterocycles. The van der Waals surface area contributed by atoms with Crippen LogP contribution in [0.25, 0.3) is 6.08 Å². The van der Waals surface area contributed by atoms with Gasteiger partial charge in [0.2, 0.25) is 0 Å². The van der Waals surface area contributed by atoms with Gasteiger partial charge < -0.3 is 0 Å². The van der Waals surface area contributed by atoms with Crippen LogP contribution < -0.4 is 0 Å². The van der Waals surface area contributed by atoms with Gasteiger partial charge in [-0.3, -0.25) is 4.99 Å². The van der Waals surface area contributed by atoms with E-state index in [1.54, 1.807) is 11.6 Å². The average molecular weight is 684 g/mol. The van der Waals surface area contributed by atoms with Crippen molar-refractivity contribution in [2.24, 2.45) is 40.5 Å². The SMILES string of the molecule is C#CC=Cc1cc(C(C=C)CC(N=C(C)C2CC=C(C3=CC=CC(C=CC=C)C3C)CC2C)C2=CC3CC=CC=CC3C3=C2C=CCC3)ccc1C. The fourth-order valence-electron chi connectivity index (χ4n) is 9.20. The smallest absolute Gasteiger partial charge is 0.0760 e. The Morgan fingerprint density at radius 1 is 1.10 bits per heavy atom. The highest BCUT2D eigenvalue weighted by atomic mass is 14.8. The summed E-state index contributed by atoms with van der Waals surface area (Å²) in [6.45, 7) is 17.5. The average Bonchev–Trinajstić information content (AvgIpc) is 3.41. The highest BCUT2D eigenvalue weighted by Crippen LogP contribution is 2.46. The predicted octanol–water partition coefficient (Wildman–Crippen LogP) is 12.9.